The first-order valence-corrected chi connectivity index (χ1v) is 7.19. The maximum atomic E-state index is 9.45. The van der Waals surface area contributed by atoms with E-state index < -0.39 is 0 Å². The van der Waals surface area contributed by atoms with Crippen LogP contribution in [0.15, 0.2) is 46.9 Å². The van der Waals surface area contributed by atoms with Crippen molar-refractivity contribution in [1.29, 1.82) is 0 Å². The number of rotatable bonds is 4. The Hall–Kier alpha value is -1.03. The van der Waals surface area contributed by atoms with Gasteiger partial charge in [0.25, 0.3) is 0 Å². The molecule has 2 nitrogen and oxygen atoms in total. The maximum Gasteiger partial charge on any atom is 0.129 e. The minimum atomic E-state index is 0.241. The molecule has 2 aromatic carbocycles. The topological polar surface area (TPSA) is 32.3 Å². The fraction of sp³-hybridized carbons (Fsp3) is 0.200. The third kappa shape index (κ3) is 3.96. The summed E-state index contributed by atoms with van der Waals surface area (Å²) in [7, 11) is 0. The summed E-state index contributed by atoms with van der Waals surface area (Å²) < 4.78 is 0.714. The molecule has 1 unspecified atom stereocenters. The Labute approximate surface area is 126 Å². The normalized spacial score (nSPS) is 12.4. The van der Waals surface area contributed by atoms with Gasteiger partial charge >= 0.3 is 0 Å². The molecule has 100 valence electrons. The number of phenolic OH excluding ortho intramolecular Hbond substituents is 1. The van der Waals surface area contributed by atoms with Crippen molar-refractivity contribution in [2.75, 3.05) is 0 Å². The van der Waals surface area contributed by atoms with Crippen LogP contribution in [-0.2, 0) is 6.54 Å². The van der Waals surface area contributed by atoms with Crippen molar-refractivity contribution in [3.63, 3.8) is 0 Å². The zero-order chi connectivity index (χ0) is 13.8. The van der Waals surface area contributed by atoms with Crippen LogP contribution in [-0.4, -0.2) is 5.11 Å². The van der Waals surface area contributed by atoms with Crippen molar-refractivity contribution in [3.8, 4) is 5.75 Å². The van der Waals surface area contributed by atoms with E-state index in [1.54, 1.807) is 6.07 Å². The molecule has 0 spiro atoms. The Morgan fingerprint density at radius 1 is 1.21 bits per heavy atom. The van der Waals surface area contributed by atoms with Gasteiger partial charge in [-0.25, -0.2) is 0 Å². The standard InChI is InChI=1S/C15H15BrClNO/c1-10(12-3-5-13(17)6-4-12)18-9-11-2-7-15(19)14(16)8-11/h2-8,10,18-19H,9H2,1H3. The van der Waals surface area contributed by atoms with Gasteiger partial charge in [0.05, 0.1) is 4.47 Å². The molecule has 0 radical (unpaired) electrons. The molecule has 2 aromatic rings. The fourth-order valence-corrected chi connectivity index (χ4v) is 2.35. The molecule has 0 bridgehead atoms. The highest BCUT2D eigenvalue weighted by molar-refractivity contribution is 9.10. The summed E-state index contributed by atoms with van der Waals surface area (Å²) in [5, 5.41) is 13.6. The molecule has 2 N–H and O–H groups in total. The van der Waals surface area contributed by atoms with Crippen LogP contribution >= 0.6 is 27.5 Å². The molecule has 0 heterocycles. The van der Waals surface area contributed by atoms with Crippen molar-refractivity contribution in [1.82, 2.24) is 5.32 Å². The molecule has 19 heavy (non-hydrogen) atoms. The van der Waals surface area contributed by atoms with Crippen molar-refractivity contribution in [2.24, 2.45) is 0 Å². The number of benzene rings is 2. The molecular formula is C15H15BrClNO. The van der Waals surface area contributed by atoms with E-state index in [1.807, 2.05) is 36.4 Å². The van der Waals surface area contributed by atoms with Crippen LogP contribution in [0, 0.1) is 0 Å². The highest BCUT2D eigenvalue weighted by Gasteiger charge is 2.05. The van der Waals surface area contributed by atoms with E-state index in [1.165, 1.54) is 5.56 Å². The second kappa shape index (κ2) is 6.42. The number of aromatic hydroxyl groups is 1. The summed E-state index contributed by atoms with van der Waals surface area (Å²) >= 11 is 9.19. The second-order valence-corrected chi connectivity index (χ2v) is 5.73. The third-order valence-electron chi connectivity index (χ3n) is 2.99. The zero-order valence-electron chi connectivity index (χ0n) is 10.5. The summed E-state index contributed by atoms with van der Waals surface area (Å²) in [6, 6.07) is 13.6. The molecule has 2 rings (SSSR count). The highest BCUT2D eigenvalue weighted by atomic mass is 79.9. The van der Waals surface area contributed by atoms with Gasteiger partial charge in [-0.05, 0) is 58.2 Å². The van der Waals surface area contributed by atoms with Gasteiger partial charge in [0.2, 0.25) is 0 Å². The molecule has 0 aliphatic rings. The molecule has 0 saturated carbocycles. The molecule has 0 fully saturated rings. The number of hydrogen-bond donors (Lipinski definition) is 2. The van der Waals surface area contributed by atoms with Gasteiger partial charge in [0.1, 0.15) is 5.75 Å². The molecule has 0 aromatic heterocycles. The Bertz CT molecular complexity index is 557. The lowest BCUT2D eigenvalue weighted by molar-refractivity contribution is 0.471. The Morgan fingerprint density at radius 2 is 1.89 bits per heavy atom. The van der Waals surface area contributed by atoms with E-state index >= 15 is 0 Å². The molecule has 0 aliphatic carbocycles. The number of phenols is 1. The SMILES string of the molecule is CC(NCc1ccc(O)c(Br)c1)c1ccc(Cl)cc1. The quantitative estimate of drug-likeness (QED) is 0.848. The van der Waals surface area contributed by atoms with E-state index in [0.717, 1.165) is 17.1 Å². The van der Waals surface area contributed by atoms with Crippen LogP contribution in [0.2, 0.25) is 5.02 Å². The summed E-state index contributed by atoms with van der Waals surface area (Å²) in [5.74, 6) is 0.259. The van der Waals surface area contributed by atoms with Crippen LogP contribution in [0.25, 0.3) is 0 Å². The van der Waals surface area contributed by atoms with E-state index in [9.17, 15) is 5.11 Å². The zero-order valence-corrected chi connectivity index (χ0v) is 12.9. The fourth-order valence-electron chi connectivity index (χ4n) is 1.80. The maximum absolute atomic E-state index is 9.45. The van der Waals surface area contributed by atoms with Gasteiger partial charge in [-0.2, -0.15) is 0 Å². The van der Waals surface area contributed by atoms with Gasteiger partial charge in [0, 0.05) is 17.6 Å². The van der Waals surface area contributed by atoms with E-state index in [0.29, 0.717) is 4.47 Å². The van der Waals surface area contributed by atoms with Gasteiger partial charge < -0.3 is 10.4 Å². The van der Waals surface area contributed by atoms with Crippen molar-refractivity contribution < 1.29 is 5.11 Å². The lowest BCUT2D eigenvalue weighted by atomic mass is 10.1. The molecule has 4 heteroatoms. The van der Waals surface area contributed by atoms with E-state index in [2.05, 4.69) is 28.2 Å². The third-order valence-corrected chi connectivity index (χ3v) is 3.88. The molecule has 0 aliphatic heterocycles. The summed E-state index contributed by atoms with van der Waals surface area (Å²) in [5.41, 5.74) is 2.31. The van der Waals surface area contributed by atoms with Crippen LogP contribution < -0.4 is 5.32 Å². The summed E-state index contributed by atoms with van der Waals surface area (Å²) in [6.45, 7) is 2.85. The first-order valence-electron chi connectivity index (χ1n) is 6.02. The van der Waals surface area contributed by atoms with Crippen LogP contribution in [0.3, 0.4) is 0 Å². The molecule has 1 atom stereocenters. The van der Waals surface area contributed by atoms with Crippen LogP contribution in [0.1, 0.15) is 24.1 Å². The minimum Gasteiger partial charge on any atom is -0.507 e. The molecular weight excluding hydrogens is 326 g/mol. The van der Waals surface area contributed by atoms with E-state index in [-0.39, 0.29) is 11.8 Å². The summed E-state index contributed by atoms with van der Waals surface area (Å²) in [4.78, 5) is 0. The minimum absolute atomic E-state index is 0.241. The summed E-state index contributed by atoms with van der Waals surface area (Å²) in [6.07, 6.45) is 0. The average Bonchev–Trinajstić information content (AvgIpc) is 2.40. The largest absolute Gasteiger partial charge is 0.507 e. The Balaban J connectivity index is 1.98. The number of hydrogen-bond acceptors (Lipinski definition) is 2. The predicted molar refractivity (Wildman–Crippen MR) is 82.5 cm³/mol. The molecule has 0 saturated heterocycles. The average molecular weight is 341 g/mol. The monoisotopic (exact) mass is 339 g/mol. The van der Waals surface area contributed by atoms with Gasteiger partial charge in [0.15, 0.2) is 0 Å². The number of halogens is 2. The van der Waals surface area contributed by atoms with Crippen molar-refractivity contribution in [2.45, 2.75) is 19.5 Å². The van der Waals surface area contributed by atoms with Crippen molar-refractivity contribution >= 4 is 27.5 Å². The van der Waals surface area contributed by atoms with Crippen LogP contribution in [0.5, 0.6) is 5.75 Å². The first kappa shape index (κ1) is 14.4. The van der Waals surface area contributed by atoms with Crippen LogP contribution in [0.4, 0.5) is 0 Å². The Kier molecular flexibility index (Phi) is 4.86. The van der Waals surface area contributed by atoms with Crippen molar-refractivity contribution in [3.05, 3.63) is 63.1 Å². The Morgan fingerprint density at radius 3 is 2.53 bits per heavy atom. The number of nitrogens with one attached hydrogen (secondary N) is 1. The van der Waals surface area contributed by atoms with Gasteiger partial charge in [-0.1, -0.05) is 29.8 Å². The highest BCUT2D eigenvalue weighted by Crippen LogP contribution is 2.24. The lowest BCUT2D eigenvalue weighted by Crippen LogP contribution is -2.17. The van der Waals surface area contributed by atoms with Gasteiger partial charge in [-0.3, -0.25) is 0 Å². The predicted octanol–water partition coefficient (Wildman–Crippen LogP) is 4.66. The van der Waals surface area contributed by atoms with E-state index in [4.69, 9.17) is 11.6 Å². The smallest absolute Gasteiger partial charge is 0.129 e. The second-order valence-electron chi connectivity index (χ2n) is 4.44. The molecule has 0 amide bonds. The van der Waals surface area contributed by atoms with Gasteiger partial charge in [-0.15, -0.1) is 0 Å². The lowest BCUT2D eigenvalue weighted by Gasteiger charge is -2.14. The first-order chi connectivity index (χ1) is 9.06.